The summed E-state index contributed by atoms with van der Waals surface area (Å²) in [7, 11) is 0. The van der Waals surface area contributed by atoms with Crippen molar-refractivity contribution in [3.63, 3.8) is 0 Å². The van der Waals surface area contributed by atoms with Gasteiger partial charge in [-0.3, -0.25) is 9.69 Å². The van der Waals surface area contributed by atoms with Crippen LogP contribution in [0.15, 0.2) is 42.6 Å². The lowest BCUT2D eigenvalue weighted by Crippen LogP contribution is -2.49. The number of anilines is 1. The lowest BCUT2D eigenvalue weighted by molar-refractivity contribution is 0.0366. The molecule has 6 heteroatoms. The van der Waals surface area contributed by atoms with Crippen molar-refractivity contribution in [1.82, 2.24) is 9.88 Å². The zero-order chi connectivity index (χ0) is 22.2. The minimum absolute atomic E-state index is 0.238. The van der Waals surface area contributed by atoms with Crippen LogP contribution in [0.1, 0.15) is 62.4 Å². The average molecular weight is 438 g/mol. The number of aromatic nitrogens is 1. The molecule has 32 heavy (non-hydrogen) atoms. The Hall–Kier alpha value is -2.60. The van der Waals surface area contributed by atoms with Gasteiger partial charge in [0.15, 0.2) is 0 Å². The minimum Gasteiger partial charge on any atom is -0.493 e. The van der Waals surface area contributed by atoms with Gasteiger partial charge >= 0.3 is 0 Å². The van der Waals surface area contributed by atoms with Gasteiger partial charge in [0.05, 0.1) is 19.4 Å². The second kappa shape index (κ2) is 11.3. The Morgan fingerprint density at radius 2 is 1.84 bits per heavy atom. The number of carbonyl (C=O) groups is 1. The van der Waals surface area contributed by atoms with Crippen LogP contribution in [-0.4, -0.2) is 48.1 Å². The number of pyridine rings is 1. The maximum atomic E-state index is 12.5. The molecule has 0 radical (unpaired) electrons. The van der Waals surface area contributed by atoms with Crippen molar-refractivity contribution >= 4 is 11.6 Å². The van der Waals surface area contributed by atoms with E-state index in [9.17, 15) is 4.79 Å². The number of nitrogens with zero attached hydrogens (tertiary/aromatic N) is 2. The molecule has 2 aliphatic heterocycles. The van der Waals surface area contributed by atoms with Crippen molar-refractivity contribution < 1.29 is 14.3 Å². The van der Waals surface area contributed by atoms with Gasteiger partial charge in [-0.1, -0.05) is 19.8 Å². The van der Waals surface area contributed by atoms with E-state index in [2.05, 4.69) is 22.1 Å². The van der Waals surface area contributed by atoms with Gasteiger partial charge in [-0.15, -0.1) is 0 Å². The van der Waals surface area contributed by atoms with Gasteiger partial charge < -0.3 is 14.8 Å². The molecular weight excluding hydrogens is 402 g/mol. The van der Waals surface area contributed by atoms with Crippen LogP contribution in [0.4, 0.5) is 5.69 Å². The molecule has 1 aromatic heterocycles. The third kappa shape index (κ3) is 6.00. The van der Waals surface area contributed by atoms with E-state index in [1.807, 2.05) is 24.3 Å². The first-order chi connectivity index (χ1) is 15.7. The molecule has 1 N–H and O–H groups in total. The molecule has 1 amide bonds. The third-order valence-electron chi connectivity index (χ3n) is 6.54. The van der Waals surface area contributed by atoms with E-state index < -0.39 is 0 Å². The van der Waals surface area contributed by atoms with E-state index in [-0.39, 0.29) is 5.91 Å². The standard InChI is InChI=1S/C26H35N3O3/c1-2-3-17-31-23-13-14-24(27-18-23)26(30)28-21-9-11-22(12-10-21)32-19-20-7-6-16-29-15-5-4-8-25(20)29/h9-14,18,20,25H,2-8,15-17,19H2,1H3,(H,28,30)/t20-,25+/m0/s1. The predicted octanol–water partition coefficient (Wildman–Crippen LogP) is 5.16. The number of amides is 1. The van der Waals surface area contributed by atoms with Gasteiger partial charge in [0.2, 0.25) is 0 Å². The van der Waals surface area contributed by atoms with E-state index in [1.54, 1.807) is 18.3 Å². The van der Waals surface area contributed by atoms with Gasteiger partial charge in [-0.05, 0) is 81.6 Å². The van der Waals surface area contributed by atoms with Crippen LogP contribution in [0.5, 0.6) is 11.5 Å². The van der Waals surface area contributed by atoms with E-state index in [0.717, 1.165) is 30.9 Å². The maximum Gasteiger partial charge on any atom is 0.274 e. The highest BCUT2D eigenvalue weighted by atomic mass is 16.5. The van der Waals surface area contributed by atoms with Gasteiger partial charge in [0, 0.05) is 17.6 Å². The molecule has 2 fully saturated rings. The van der Waals surface area contributed by atoms with Gasteiger partial charge in [-0.2, -0.15) is 0 Å². The number of hydrogen-bond donors (Lipinski definition) is 1. The Morgan fingerprint density at radius 3 is 2.62 bits per heavy atom. The Kier molecular flexibility index (Phi) is 7.99. The summed E-state index contributed by atoms with van der Waals surface area (Å²) >= 11 is 0. The molecule has 0 spiro atoms. The predicted molar refractivity (Wildman–Crippen MR) is 126 cm³/mol. The highest BCUT2D eigenvalue weighted by molar-refractivity contribution is 6.02. The third-order valence-corrected chi connectivity index (χ3v) is 6.54. The van der Waals surface area contributed by atoms with Crippen LogP contribution >= 0.6 is 0 Å². The monoisotopic (exact) mass is 437 g/mol. The van der Waals surface area contributed by atoms with E-state index in [0.29, 0.717) is 30.0 Å². The fourth-order valence-corrected chi connectivity index (χ4v) is 4.74. The lowest BCUT2D eigenvalue weighted by Gasteiger charge is -2.44. The first-order valence-electron chi connectivity index (χ1n) is 12.1. The molecule has 4 rings (SSSR count). The number of carbonyl (C=O) groups excluding carboxylic acids is 1. The number of nitrogens with one attached hydrogen (secondary N) is 1. The van der Waals surface area contributed by atoms with E-state index >= 15 is 0 Å². The van der Waals surface area contributed by atoms with E-state index in [1.165, 1.54) is 45.2 Å². The number of ether oxygens (including phenoxy) is 2. The Bertz CT molecular complexity index is 852. The lowest BCUT2D eigenvalue weighted by atomic mass is 9.84. The zero-order valence-corrected chi connectivity index (χ0v) is 19.1. The Morgan fingerprint density at radius 1 is 1.03 bits per heavy atom. The second-order valence-corrected chi connectivity index (χ2v) is 8.87. The molecular formula is C26H35N3O3. The van der Waals surface area contributed by atoms with Crippen LogP contribution in [0.3, 0.4) is 0 Å². The number of unbranched alkanes of at least 4 members (excludes halogenated alkanes) is 1. The number of benzene rings is 1. The molecule has 0 unspecified atom stereocenters. The normalized spacial score (nSPS) is 20.9. The van der Waals surface area contributed by atoms with Crippen molar-refractivity contribution in [3.05, 3.63) is 48.3 Å². The molecule has 2 aliphatic rings. The smallest absolute Gasteiger partial charge is 0.274 e. The van der Waals surface area contributed by atoms with Crippen molar-refractivity contribution in [2.75, 3.05) is 31.6 Å². The summed E-state index contributed by atoms with van der Waals surface area (Å²) in [4.78, 5) is 19.4. The Balaban J connectivity index is 1.25. The zero-order valence-electron chi connectivity index (χ0n) is 19.1. The van der Waals surface area contributed by atoms with Crippen LogP contribution in [0, 0.1) is 5.92 Å². The first-order valence-corrected chi connectivity index (χ1v) is 12.1. The highest BCUT2D eigenvalue weighted by Gasteiger charge is 2.33. The van der Waals surface area contributed by atoms with E-state index in [4.69, 9.17) is 9.47 Å². The van der Waals surface area contributed by atoms with Crippen LogP contribution < -0.4 is 14.8 Å². The Labute approximate surface area is 191 Å². The number of fused-ring (bicyclic) bond motifs is 1. The van der Waals surface area contributed by atoms with Crippen LogP contribution in [0.25, 0.3) is 0 Å². The summed E-state index contributed by atoms with van der Waals surface area (Å²) in [5, 5.41) is 2.90. The summed E-state index contributed by atoms with van der Waals surface area (Å²) < 4.78 is 11.7. The molecule has 2 aromatic rings. The fraction of sp³-hybridized carbons (Fsp3) is 0.538. The fourth-order valence-electron chi connectivity index (χ4n) is 4.74. The summed E-state index contributed by atoms with van der Waals surface area (Å²) in [5.74, 6) is 1.91. The molecule has 0 bridgehead atoms. The molecule has 2 saturated heterocycles. The molecule has 0 saturated carbocycles. The van der Waals surface area contributed by atoms with Crippen molar-refractivity contribution in [2.45, 2.75) is 57.9 Å². The summed E-state index contributed by atoms with van der Waals surface area (Å²) in [6, 6.07) is 11.8. The summed E-state index contributed by atoms with van der Waals surface area (Å²) in [6.07, 6.45) is 10.2. The maximum absolute atomic E-state index is 12.5. The van der Waals surface area contributed by atoms with Crippen LogP contribution in [-0.2, 0) is 0 Å². The minimum atomic E-state index is -0.238. The van der Waals surface area contributed by atoms with Gasteiger partial charge in [0.25, 0.3) is 5.91 Å². The first kappa shape index (κ1) is 22.6. The number of hydrogen-bond acceptors (Lipinski definition) is 5. The molecule has 0 aliphatic carbocycles. The molecule has 1 aromatic carbocycles. The average Bonchev–Trinajstić information content (AvgIpc) is 2.84. The summed E-state index contributed by atoms with van der Waals surface area (Å²) in [5.41, 5.74) is 1.09. The molecule has 6 nitrogen and oxygen atoms in total. The van der Waals surface area contributed by atoms with Crippen molar-refractivity contribution in [2.24, 2.45) is 5.92 Å². The molecule has 2 atom stereocenters. The summed E-state index contributed by atoms with van der Waals surface area (Å²) in [6.45, 7) is 6.05. The van der Waals surface area contributed by atoms with Crippen molar-refractivity contribution in [3.8, 4) is 11.5 Å². The topological polar surface area (TPSA) is 63.7 Å². The second-order valence-electron chi connectivity index (χ2n) is 8.87. The quantitative estimate of drug-likeness (QED) is 0.549. The number of piperidine rings is 2. The van der Waals surface area contributed by atoms with Crippen molar-refractivity contribution in [1.29, 1.82) is 0 Å². The SMILES string of the molecule is CCCCOc1ccc(C(=O)Nc2ccc(OC[C@@H]3CCCN4CCCC[C@H]34)cc2)nc1. The van der Waals surface area contributed by atoms with Gasteiger partial charge in [-0.25, -0.2) is 4.98 Å². The molecule has 3 heterocycles. The molecule has 172 valence electrons. The highest BCUT2D eigenvalue weighted by Crippen LogP contribution is 2.31. The van der Waals surface area contributed by atoms with Gasteiger partial charge in [0.1, 0.15) is 17.2 Å². The largest absolute Gasteiger partial charge is 0.493 e. The number of rotatable bonds is 9. The van der Waals surface area contributed by atoms with Crippen LogP contribution in [0.2, 0.25) is 0 Å².